The maximum absolute atomic E-state index is 4.06. The normalized spacial score (nSPS) is 19.6. The Hall–Kier alpha value is -0.970. The van der Waals surface area contributed by atoms with Gasteiger partial charge >= 0.3 is 0 Å². The number of hydrogen-bond donors (Lipinski definition) is 2. The van der Waals surface area contributed by atoms with Crippen LogP contribution in [0.4, 0.5) is 0 Å². The van der Waals surface area contributed by atoms with Crippen molar-refractivity contribution in [1.29, 1.82) is 0 Å². The minimum absolute atomic E-state index is 0.404. The molecule has 0 aliphatic carbocycles. The Balaban J connectivity index is 1.94. The molecule has 0 bridgehead atoms. The molecule has 88 valence electrons. The Labute approximate surface area is 97.1 Å². The van der Waals surface area contributed by atoms with Gasteiger partial charge in [0.05, 0.1) is 0 Å². The van der Waals surface area contributed by atoms with Crippen LogP contribution in [0.2, 0.25) is 0 Å². The van der Waals surface area contributed by atoms with E-state index in [0.29, 0.717) is 6.04 Å². The molecule has 1 aliphatic rings. The average Bonchev–Trinajstić information content (AvgIpc) is 2.38. The van der Waals surface area contributed by atoms with Crippen LogP contribution in [0, 0.1) is 0 Å². The lowest BCUT2D eigenvalue weighted by molar-refractivity contribution is 0.219. The maximum atomic E-state index is 4.06. The average molecular weight is 220 g/mol. The molecule has 4 heteroatoms. The van der Waals surface area contributed by atoms with Gasteiger partial charge < -0.3 is 10.6 Å². The Morgan fingerprint density at radius 1 is 1.38 bits per heavy atom. The molecule has 0 saturated carbocycles. The molecule has 2 N–H and O–H groups in total. The van der Waals surface area contributed by atoms with Crippen molar-refractivity contribution < 1.29 is 0 Å². The highest BCUT2D eigenvalue weighted by atomic mass is 15.2. The second kappa shape index (κ2) is 5.94. The zero-order valence-electron chi connectivity index (χ0n) is 9.82. The van der Waals surface area contributed by atoms with E-state index < -0.39 is 0 Å². The van der Waals surface area contributed by atoms with Gasteiger partial charge in [0.2, 0.25) is 0 Å². The number of nitrogens with one attached hydrogen (secondary N) is 2. The molecule has 0 amide bonds. The number of rotatable bonds is 4. The van der Waals surface area contributed by atoms with Crippen LogP contribution >= 0.6 is 0 Å². The second-order valence-corrected chi connectivity index (χ2v) is 4.17. The summed E-state index contributed by atoms with van der Waals surface area (Å²) in [6, 6.07) is 4.58. The fourth-order valence-electron chi connectivity index (χ4n) is 2.11. The molecule has 0 aromatic carbocycles. The van der Waals surface area contributed by atoms with Crippen molar-refractivity contribution >= 4 is 0 Å². The van der Waals surface area contributed by atoms with Crippen LogP contribution in [0.15, 0.2) is 24.5 Å². The standard InChI is InChI=1S/C12H20N4/c1-13-12(11-2-4-14-5-3-11)10-16-8-6-15-7-9-16/h2-5,12-13,15H,6-10H2,1H3. The van der Waals surface area contributed by atoms with Crippen LogP contribution in [0.5, 0.6) is 0 Å². The van der Waals surface area contributed by atoms with Crippen LogP contribution in [-0.2, 0) is 0 Å². The third-order valence-corrected chi connectivity index (χ3v) is 3.11. The first-order chi connectivity index (χ1) is 7.90. The van der Waals surface area contributed by atoms with E-state index in [1.165, 1.54) is 5.56 Å². The van der Waals surface area contributed by atoms with E-state index in [1.54, 1.807) is 0 Å². The Morgan fingerprint density at radius 3 is 2.69 bits per heavy atom. The summed E-state index contributed by atoms with van der Waals surface area (Å²) in [6.45, 7) is 5.56. The van der Waals surface area contributed by atoms with Crippen molar-refractivity contribution in [2.75, 3.05) is 39.8 Å². The number of aromatic nitrogens is 1. The summed E-state index contributed by atoms with van der Waals surface area (Å²) < 4.78 is 0. The van der Waals surface area contributed by atoms with Crippen molar-refractivity contribution in [3.8, 4) is 0 Å². The number of pyridine rings is 1. The molecule has 0 spiro atoms. The van der Waals surface area contributed by atoms with Crippen LogP contribution in [0.1, 0.15) is 11.6 Å². The van der Waals surface area contributed by atoms with E-state index in [9.17, 15) is 0 Å². The van der Waals surface area contributed by atoms with Gasteiger partial charge in [-0.25, -0.2) is 0 Å². The predicted molar refractivity (Wildman–Crippen MR) is 65.3 cm³/mol. The summed E-state index contributed by atoms with van der Waals surface area (Å²) in [5, 5.41) is 6.75. The maximum Gasteiger partial charge on any atom is 0.0448 e. The Morgan fingerprint density at radius 2 is 2.06 bits per heavy atom. The van der Waals surface area contributed by atoms with Gasteiger partial charge in [-0.3, -0.25) is 9.88 Å². The first-order valence-corrected chi connectivity index (χ1v) is 5.90. The topological polar surface area (TPSA) is 40.2 Å². The molecule has 1 saturated heterocycles. The predicted octanol–water partition coefficient (Wildman–Crippen LogP) is 0.247. The smallest absolute Gasteiger partial charge is 0.0448 e. The highest BCUT2D eigenvalue weighted by Gasteiger charge is 2.15. The fourth-order valence-corrected chi connectivity index (χ4v) is 2.11. The Kier molecular flexibility index (Phi) is 4.27. The van der Waals surface area contributed by atoms with Crippen LogP contribution in [0.25, 0.3) is 0 Å². The third-order valence-electron chi connectivity index (χ3n) is 3.11. The van der Waals surface area contributed by atoms with E-state index in [4.69, 9.17) is 0 Å². The minimum Gasteiger partial charge on any atom is -0.314 e. The molecule has 2 heterocycles. The van der Waals surface area contributed by atoms with Gasteiger partial charge in [-0.05, 0) is 24.7 Å². The van der Waals surface area contributed by atoms with Gasteiger partial charge in [-0.15, -0.1) is 0 Å². The zero-order valence-corrected chi connectivity index (χ0v) is 9.82. The van der Waals surface area contributed by atoms with Gasteiger partial charge in [-0.1, -0.05) is 0 Å². The largest absolute Gasteiger partial charge is 0.314 e. The van der Waals surface area contributed by atoms with Crippen molar-refractivity contribution in [1.82, 2.24) is 20.5 Å². The third kappa shape index (κ3) is 3.01. The van der Waals surface area contributed by atoms with Gasteiger partial charge in [-0.2, -0.15) is 0 Å². The van der Waals surface area contributed by atoms with Gasteiger partial charge in [0.25, 0.3) is 0 Å². The molecule has 4 nitrogen and oxygen atoms in total. The van der Waals surface area contributed by atoms with Crippen molar-refractivity contribution in [2.24, 2.45) is 0 Å². The molecule has 0 radical (unpaired) electrons. The van der Waals surface area contributed by atoms with Gasteiger partial charge in [0.1, 0.15) is 0 Å². The molecular formula is C12H20N4. The number of nitrogens with zero attached hydrogens (tertiary/aromatic N) is 2. The Bertz CT molecular complexity index is 295. The summed E-state index contributed by atoms with van der Waals surface area (Å²) in [5.41, 5.74) is 1.32. The van der Waals surface area contributed by atoms with E-state index >= 15 is 0 Å². The lowest BCUT2D eigenvalue weighted by Gasteiger charge is -2.30. The summed E-state index contributed by atoms with van der Waals surface area (Å²) in [6.07, 6.45) is 3.72. The SMILES string of the molecule is CNC(CN1CCNCC1)c1ccncc1. The molecule has 1 aliphatic heterocycles. The monoisotopic (exact) mass is 220 g/mol. The number of hydrogen-bond acceptors (Lipinski definition) is 4. The zero-order chi connectivity index (χ0) is 11.2. The summed E-state index contributed by atoms with van der Waals surface area (Å²) in [5.74, 6) is 0. The number of piperazine rings is 1. The van der Waals surface area contributed by atoms with Crippen molar-refractivity contribution in [3.05, 3.63) is 30.1 Å². The lowest BCUT2D eigenvalue weighted by atomic mass is 10.1. The van der Waals surface area contributed by atoms with E-state index in [-0.39, 0.29) is 0 Å². The highest BCUT2D eigenvalue weighted by molar-refractivity contribution is 5.15. The quantitative estimate of drug-likeness (QED) is 0.763. The van der Waals surface area contributed by atoms with Crippen LogP contribution in [0.3, 0.4) is 0 Å². The van der Waals surface area contributed by atoms with Gasteiger partial charge in [0, 0.05) is 51.2 Å². The van der Waals surface area contributed by atoms with Crippen molar-refractivity contribution in [3.63, 3.8) is 0 Å². The van der Waals surface area contributed by atoms with E-state index in [2.05, 4.69) is 32.7 Å². The second-order valence-electron chi connectivity index (χ2n) is 4.17. The first-order valence-electron chi connectivity index (χ1n) is 5.90. The van der Waals surface area contributed by atoms with Crippen LogP contribution in [-0.4, -0.2) is 49.7 Å². The lowest BCUT2D eigenvalue weighted by Crippen LogP contribution is -2.46. The summed E-state index contributed by atoms with van der Waals surface area (Å²) in [7, 11) is 2.02. The molecule has 2 rings (SSSR count). The van der Waals surface area contributed by atoms with Crippen molar-refractivity contribution in [2.45, 2.75) is 6.04 Å². The summed E-state index contributed by atoms with van der Waals surface area (Å²) in [4.78, 5) is 6.56. The minimum atomic E-state index is 0.404. The molecule has 1 unspecified atom stereocenters. The van der Waals surface area contributed by atoms with E-state index in [0.717, 1.165) is 32.7 Å². The molecular weight excluding hydrogens is 200 g/mol. The highest BCUT2D eigenvalue weighted by Crippen LogP contribution is 2.12. The first kappa shape index (κ1) is 11.5. The molecule has 1 aromatic rings. The van der Waals surface area contributed by atoms with E-state index in [1.807, 2.05) is 19.4 Å². The summed E-state index contributed by atoms with van der Waals surface area (Å²) >= 11 is 0. The molecule has 16 heavy (non-hydrogen) atoms. The number of likely N-dealkylation sites (N-methyl/N-ethyl adjacent to an activating group) is 1. The van der Waals surface area contributed by atoms with Crippen LogP contribution < -0.4 is 10.6 Å². The molecule has 1 atom stereocenters. The fraction of sp³-hybridized carbons (Fsp3) is 0.583. The molecule has 1 fully saturated rings. The molecule has 1 aromatic heterocycles. The van der Waals surface area contributed by atoms with Gasteiger partial charge in [0.15, 0.2) is 0 Å².